The molecule has 0 aliphatic rings. The van der Waals surface area contributed by atoms with E-state index in [9.17, 15) is 14.0 Å². The second kappa shape index (κ2) is 6.00. The summed E-state index contributed by atoms with van der Waals surface area (Å²) in [5.41, 5.74) is -0.00240. The van der Waals surface area contributed by atoms with Crippen LogP contribution in [0.3, 0.4) is 0 Å². The smallest absolute Gasteiger partial charge is 0.337 e. The lowest BCUT2D eigenvalue weighted by Gasteiger charge is -2.10. The Hall–Kier alpha value is -2.96. The first-order valence-corrected chi connectivity index (χ1v) is 5.85. The van der Waals surface area contributed by atoms with Gasteiger partial charge in [-0.05, 0) is 24.3 Å². The first kappa shape index (κ1) is 14.4. The van der Waals surface area contributed by atoms with Crippen LogP contribution in [0, 0.1) is 5.95 Å². The van der Waals surface area contributed by atoms with E-state index < -0.39 is 17.8 Å². The van der Waals surface area contributed by atoms with Gasteiger partial charge in [0.1, 0.15) is 5.75 Å². The van der Waals surface area contributed by atoms with Crippen molar-refractivity contribution in [2.24, 2.45) is 0 Å². The lowest BCUT2D eigenvalue weighted by atomic mass is 10.1. The zero-order valence-corrected chi connectivity index (χ0v) is 11.0. The van der Waals surface area contributed by atoms with Crippen LogP contribution in [0.25, 0.3) is 0 Å². The number of methoxy groups -OCH3 is 1. The highest BCUT2D eigenvalue weighted by Crippen LogP contribution is 2.22. The van der Waals surface area contributed by atoms with Crippen molar-refractivity contribution in [2.45, 2.75) is 0 Å². The van der Waals surface area contributed by atoms with E-state index in [1.807, 2.05) is 0 Å². The van der Waals surface area contributed by atoms with Crippen LogP contribution in [0.2, 0.25) is 0 Å². The van der Waals surface area contributed by atoms with Crippen molar-refractivity contribution in [1.82, 2.24) is 4.98 Å². The summed E-state index contributed by atoms with van der Waals surface area (Å²) < 4.78 is 17.9. The summed E-state index contributed by atoms with van der Waals surface area (Å²) in [5.74, 6) is -2.30. The summed E-state index contributed by atoms with van der Waals surface area (Å²) in [5, 5.41) is 11.6. The normalized spacial score (nSPS) is 10.0. The number of nitrogens with one attached hydrogen (secondary N) is 1. The molecule has 108 valence electrons. The molecular formula is C14H11FN2O4. The SMILES string of the molecule is COc1ccc(NC(=O)c2ccnc(F)c2)c(C(=O)O)c1. The van der Waals surface area contributed by atoms with E-state index in [-0.39, 0.29) is 16.8 Å². The molecule has 0 saturated heterocycles. The lowest BCUT2D eigenvalue weighted by molar-refractivity contribution is 0.0697. The standard InChI is InChI=1S/C14H11FN2O4/c1-21-9-2-3-11(10(7-9)14(19)20)17-13(18)8-4-5-16-12(15)6-8/h2-7H,1H3,(H,17,18)(H,19,20). The van der Waals surface area contributed by atoms with E-state index in [4.69, 9.17) is 9.84 Å². The van der Waals surface area contributed by atoms with Crippen LogP contribution >= 0.6 is 0 Å². The number of carboxylic acids is 1. The first-order valence-electron chi connectivity index (χ1n) is 5.85. The Morgan fingerprint density at radius 3 is 2.67 bits per heavy atom. The van der Waals surface area contributed by atoms with E-state index >= 15 is 0 Å². The third-order valence-corrected chi connectivity index (χ3v) is 2.69. The zero-order chi connectivity index (χ0) is 15.4. The maximum atomic E-state index is 13.0. The average Bonchev–Trinajstić information content (AvgIpc) is 2.47. The number of hydrogen-bond acceptors (Lipinski definition) is 4. The van der Waals surface area contributed by atoms with Gasteiger partial charge in [0.05, 0.1) is 18.4 Å². The molecule has 0 aliphatic carbocycles. The van der Waals surface area contributed by atoms with Gasteiger partial charge in [-0.25, -0.2) is 9.78 Å². The summed E-state index contributed by atoms with van der Waals surface area (Å²) in [6, 6.07) is 6.47. The molecule has 2 aromatic rings. The summed E-state index contributed by atoms with van der Waals surface area (Å²) >= 11 is 0. The number of nitrogens with zero attached hydrogens (tertiary/aromatic N) is 1. The van der Waals surface area contributed by atoms with Gasteiger partial charge < -0.3 is 15.2 Å². The number of anilines is 1. The van der Waals surface area contributed by atoms with E-state index in [1.165, 1.54) is 31.4 Å². The van der Waals surface area contributed by atoms with Crippen molar-refractivity contribution in [1.29, 1.82) is 0 Å². The maximum Gasteiger partial charge on any atom is 0.337 e. The van der Waals surface area contributed by atoms with Crippen LogP contribution in [-0.2, 0) is 0 Å². The minimum absolute atomic E-state index is 0.0367. The fourth-order valence-corrected chi connectivity index (χ4v) is 1.67. The monoisotopic (exact) mass is 290 g/mol. The Bertz CT molecular complexity index is 703. The van der Waals surface area contributed by atoms with Crippen molar-refractivity contribution in [3.63, 3.8) is 0 Å². The fourth-order valence-electron chi connectivity index (χ4n) is 1.67. The number of rotatable bonds is 4. The molecule has 0 spiro atoms. The van der Waals surface area contributed by atoms with Gasteiger partial charge in [0.2, 0.25) is 5.95 Å². The van der Waals surface area contributed by atoms with Crippen molar-refractivity contribution < 1.29 is 23.8 Å². The zero-order valence-electron chi connectivity index (χ0n) is 11.0. The Morgan fingerprint density at radius 2 is 2.05 bits per heavy atom. The van der Waals surface area contributed by atoms with Crippen molar-refractivity contribution in [2.75, 3.05) is 12.4 Å². The number of aromatic carboxylic acids is 1. The Morgan fingerprint density at radius 1 is 1.29 bits per heavy atom. The van der Waals surface area contributed by atoms with Crippen molar-refractivity contribution >= 4 is 17.6 Å². The van der Waals surface area contributed by atoms with Crippen molar-refractivity contribution in [3.8, 4) is 5.75 Å². The van der Waals surface area contributed by atoms with Crippen LogP contribution < -0.4 is 10.1 Å². The molecule has 21 heavy (non-hydrogen) atoms. The largest absolute Gasteiger partial charge is 0.497 e. The topological polar surface area (TPSA) is 88.5 Å². The van der Waals surface area contributed by atoms with Crippen LogP contribution in [0.15, 0.2) is 36.5 Å². The molecule has 0 unspecified atom stereocenters. The quantitative estimate of drug-likeness (QED) is 0.842. The minimum Gasteiger partial charge on any atom is -0.497 e. The number of benzene rings is 1. The average molecular weight is 290 g/mol. The molecule has 2 N–H and O–H groups in total. The Kier molecular flexibility index (Phi) is 4.13. The molecule has 6 nitrogen and oxygen atoms in total. The summed E-state index contributed by atoms with van der Waals surface area (Å²) in [7, 11) is 1.40. The van der Waals surface area contributed by atoms with Crippen LogP contribution in [0.5, 0.6) is 5.75 Å². The van der Waals surface area contributed by atoms with Gasteiger partial charge in [0.25, 0.3) is 5.91 Å². The second-order valence-electron chi connectivity index (χ2n) is 4.04. The maximum absolute atomic E-state index is 13.0. The van der Waals surface area contributed by atoms with Gasteiger partial charge in [-0.1, -0.05) is 0 Å². The van der Waals surface area contributed by atoms with Gasteiger partial charge in [-0.2, -0.15) is 4.39 Å². The number of halogens is 1. The summed E-state index contributed by atoms with van der Waals surface area (Å²) in [4.78, 5) is 26.5. The predicted molar refractivity (Wildman–Crippen MR) is 72.1 cm³/mol. The van der Waals surface area contributed by atoms with E-state index in [0.717, 1.165) is 12.3 Å². The molecule has 0 saturated carbocycles. The van der Waals surface area contributed by atoms with E-state index in [1.54, 1.807) is 0 Å². The Balaban J connectivity index is 2.31. The van der Waals surface area contributed by atoms with Gasteiger partial charge in [0.15, 0.2) is 0 Å². The number of aromatic nitrogens is 1. The molecule has 1 amide bonds. The molecule has 1 heterocycles. The van der Waals surface area contributed by atoms with Gasteiger partial charge in [-0.15, -0.1) is 0 Å². The molecule has 0 atom stereocenters. The molecule has 1 aromatic heterocycles. The van der Waals surface area contributed by atoms with Crippen LogP contribution in [-0.4, -0.2) is 29.1 Å². The van der Waals surface area contributed by atoms with Crippen LogP contribution in [0.4, 0.5) is 10.1 Å². The summed E-state index contributed by atoms with van der Waals surface area (Å²) in [6.45, 7) is 0. The first-order chi connectivity index (χ1) is 10.0. The third kappa shape index (κ3) is 3.33. The fraction of sp³-hybridized carbons (Fsp3) is 0.0714. The van der Waals surface area contributed by atoms with E-state index in [2.05, 4.69) is 10.3 Å². The molecule has 0 aliphatic heterocycles. The lowest BCUT2D eigenvalue weighted by Crippen LogP contribution is -2.15. The highest BCUT2D eigenvalue weighted by Gasteiger charge is 2.15. The van der Waals surface area contributed by atoms with Crippen molar-refractivity contribution in [3.05, 3.63) is 53.6 Å². The number of carbonyl (C=O) groups is 2. The number of hydrogen-bond donors (Lipinski definition) is 2. The van der Waals surface area contributed by atoms with Crippen LogP contribution in [0.1, 0.15) is 20.7 Å². The number of amides is 1. The van der Waals surface area contributed by atoms with E-state index in [0.29, 0.717) is 5.75 Å². The highest BCUT2D eigenvalue weighted by molar-refractivity contribution is 6.07. The molecule has 7 heteroatoms. The minimum atomic E-state index is -1.22. The molecule has 1 aromatic carbocycles. The number of pyridine rings is 1. The second-order valence-corrected chi connectivity index (χ2v) is 4.04. The van der Waals surface area contributed by atoms with Gasteiger partial charge >= 0.3 is 5.97 Å². The number of ether oxygens (including phenoxy) is 1. The molecule has 0 bridgehead atoms. The molecule has 2 rings (SSSR count). The number of carboxylic acid groups (broad SMARTS) is 1. The molecule has 0 fully saturated rings. The highest BCUT2D eigenvalue weighted by atomic mass is 19.1. The number of carbonyl (C=O) groups excluding carboxylic acids is 1. The van der Waals surface area contributed by atoms with Gasteiger partial charge in [0, 0.05) is 17.8 Å². The third-order valence-electron chi connectivity index (χ3n) is 2.69. The molecule has 0 radical (unpaired) electrons. The molecular weight excluding hydrogens is 279 g/mol. The summed E-state index contributed by atoms with van der Waals surface area (Å²) in [6.07, 6.45) is 1.15. The Labute approximate surface area is 119 Å². The van der Waals surface area contributed by atoms with Gasteiger partial charge in [-0.3, -0.25) is 4.79 Å². The predicted octanol–water partition coefficient (Wildman–Crippen LogP) is 2.18.